The second kappa shape index (κ2) is 4.94. The molecule has 1 rings (SSSR count). The molecule has 0 bridgehead atoms. The van der Waals surface area contributed by atoms with E-state index in [1.807, 2.05) is 6.92 Å². The average Bonchev–Trinajstić information content (AvgIpc) is 2.11. The number of hydrogen-bond donors (Lipinski definition) is 2. The van der Waals surface area contributed by atoms with Crippen molar-refractivity contribution in [3.63, 3.8) is 0 Å². The van der Waals surface area contributed by atoms with Crippen LogP contribution >= 0.6 is 0 Å². The maximum Gasteiger partial charge on any atom is 0.234 e. The van der Waals surface area contributed by atoms with Crippen LogP contribution < -0.4 is 11.1 Å². The minimum atomic E-state index is -0.0783. The third kappa shape index (κ3) is 3.18. The maximum atomic E-state index is 11.4. The Morgan fingerprint density at radius 2 is 2.13 bits per heavy atom. The van der Waals surface area contributed by atoms with Crippen LogP contribution in [0.1, 0.15) is 27.2 Å². The van der Waals surface area contributed by atoms with E-state index in [0.29, 0.717) is 12.5 Å². The lowest BCUT2D eigenvalue weighted by Crippen LogP contribution is -2.70. The van der Waals surface area contributed by atoms with Gasteiger partial charge in [-0.15, -0.1) is 0 Å². The first-order valence-corrected chi connectivity index (χ1v) is 5.76. The summed E-state index contributed by atoms with van der Waals surface area (Å²) in [5.41, 5.74) is 6.06. The van der Waals surface area contributed by atoms with E-state index < -0.39 is 0 Å². The zero-order chi connectivity index (χ0) is 11.5. The minimum Gasteiger partial charge on any atom is -0.355 e. The number of amides is 1. The van der Waals surface area contributed by atoms with Gasteiger partial charge in [-0.05, 0) is 12.3 Å². The third-order valence-electron chi connectivity index (χ3n) is 3.13. The fraction of sp³-hybridized carbons (Fsp3) is 0.909. The first-order chi connectivity index (χ1) is 6.98. The molecule has 4 nitrogen and oxygen atoms in total. The van der Waals surface area contributed by atoms with E-state index in [-0.39, 0.29) is 11.4 Å². The second-order valence-corrected chi connectivity index (χ2v) is 4.88. The van der Waals surface area contributed by atoms with Crippen LogP contribution in [-0.2, 0) is 4.79 Å². The van der Waals surface area contributed by atoms with Gasteiger partial charge >= 0.3 is 0 Å². The number of nitrogens with two attached hydrogens (primary N) is 1. The number of rotatable bonds is 5. The molecule has 0 unspecified atom stereocenters. The summed E-state index contributed by atoms with van der Waals surface area (Å²) in [7, 11) is 0. The van der Waals surface area contributed by atoms with Crippen molar-refractivity contribution in [2.45, 2.75) is 32.7 Å². The van der Waals surface area contributed by atoms with E-state index in [1.165, 1.54) is 0 Å². The van der Waals surface area contributed by atoms with Crippen molar-refractivity contribution in [2.24, 2.45) is 11.7 Å². The van der Waals surface area contributed by atoms with Gasteiger partial charge in [0.25, 0.3) is 0 Å². The van der Waals surface area contributed by atoms with Crippen LogP contribution in [0.15, 0.2) is 0 Å². The summed E-state index contributed by atoms with van der Waals surface area (Å²) in [5, 5.41) is 2.87. The molecule has 1 amide bonds. The summed E-state index contributed by atoms with van der Waals surface area (Å²) in [6.07, 6.45) is 0.985. The van der Waals surface area contributed by atoms with Crippen LogP contribution in [0, 0.1) is 5.92 Å². The molecule has 1 aliphatic heterocycles. The zero-order valence-corrected chi connectivity index (χ0v) is 10.0. The van der Waals surface area contributed by atoms with Gasteiger partial charge in [0.2, 0.25) is 5.91 Å². The number of carbonyl (C=O) groups is 1. The summed E-state index contributed by atoms with van der Waals surface area (Å²) in [6, 6.07) is 0. The number of likely N-dealkylation sites (tertiary alicyclic amines) is 1. The molecule has 0 aromatic heterocycles. The van der Waals surface area contributed by atoms with Gasteiger partial charge in [-0.2, -0.15) is 0 Å². The van der Waals surface area contributed by atoms with Gasteiger partial charge in [-0.3, -0.25) is 9.69 Å². The molecule has 0 aromatic rings. The van der Waals surface area contributed by atoms with Crippen molar-refractivity contribution in [1.82, 2.24) is 10.2 Å². The molecule has 15 heavy (non-hydrogen) atoms. The Hall–Kier alpha value is -0.610. The number of carbonyl (C=O) groups excluding carboxylic acids is 1. The smallest absolute Gasteiger partial charge is 0.234 e. The van der Waals surface area contributed by atoms with Crippen LogP contribution in [0.25, 0.3) is 0 Å². The highest BCUT2D eigenvalue weighted by Crippen LogP contribution is 2.25. The predicted molar refractivity (Wildman–Crippen MR) is 61.5 cm³/mol. The highest BCUT2D eigenvalue weighted by molar-refractivity contribution is 5.78. The fourth-order valence-electron chi connectivity index (χ4n) is 1.79. The highest BCUT2D eigenvalue weighted by Gasteiger charge is 2.42. The van der Waals surface area contributed by atoms with Gasteiger partial charge in [0.1, 0.15) is 0 Å². The first kappa shape index (κ1) is 12.5. The van der Waals surface area contributed by atoms with Gasteiger partial charge in [0.05, 0.1) is 6.54 Å². The Bertz CT molecular complexity index is 222. The van der Waals surface area contributed by atoms with Crippen molar-refractivity contribution in [3.05, 3.63) is 0 Å². The Kier molecular flexibility index (Phi) is 4.11. The van der Waals surface area contributed by atoms with Crippen molar-refractivity contribution < 1.29 is 4.79 Å². The Labute approximate surface area is 92.2 Å². The monoisotopic (exact) mass is 213 g/mol. The van der Waals surface area contributed by atoms with E-state index in [2.05, 4.69) is 24.1 Å². The topological polar surface area (TPSA) is 58.4 Å². The summed E-state index contributed by atoms with van der Waals surface area (Å²) in [4.78, 5) is 13.5. The first-order valence-electron chi connectivity index (χ1n) is 5.76. The largest absolute Gasteiger partial charge is 0.355 e. The Balaban J connectivity index is 2.20. The minimum absolute atomic E-state index is 0.0783. The lowest BCUT2D eigenvalue weighted by Gasteiger charge is -2.50. The SMILES string of the molecule is CCCNC(=O)CN1CC(N)(C(C)C)C1. The molecule has 1 saturated heterocycles. The van der Waals surface area contributed by atoms with Crippen molar-refractivity contribution >= 4 is 5.91 Å². The molecular formula is C11H23N3O. The van der Waals surface area contributed by atoms with E-state index in [1.54, 1.807) is 0 Å². The molecule has 4 heteroatoms. The van der Waals surface area contributed by atoms with Crippen LogP contribution in [0.3, 0.4) is 0 Å². The van der Waals surface area contributed by atoms with Crippen molar-refractivity contribution in [1.29, 1.82) is 0 Å². The molecule has 88 valence electrons. The normalized spacial score (nSPS) is 20.1. The Morgan fingerprint density at radius 3 is 2.60 bits per heavy atom. The lowest BCUT2D eigenvalue weighted by molar-refractivity contribution is -0.124. The number of hydrogen-bond acceptors (Lipinski definition) is 3. The summed E-state index contributed by atoms with van der Waals surface area (Å²) in [5.74, 6) is 0.593. The molecule has 0 aromatic carbocycles. The molecule has 1 aliphatic rings. The predicted octanol–water partition coefficient (Wildman–Crippen LogP) is 0.182. The van der Waals surface area contributed by atoms with Crippen LogP contribution in [0.5, 0.6) is 0 Å². The molecular weight excluding hydrogens is 190 g/mol. The average molecular weight is 213 g/mol. The summed E-state index contributed by atoms with van der Waals surface area (Å²) in [6.45, 7) is 9.25. The van der Waals surface area contributed by atoms with Crippen molar-refractivity contribution in [3.8, 4) is 0 Å². The second-order valence-electron chi connectivity index (χ2n) is 4.88. The van der Waals surface area contributed by atoms with E-state index in [9.17, 15) is 4.79 Å². The standard InChI is InChI=1S/C11H23N3O/c1-4-5-13-10(15)6-14-7-11(12,8-14)9(2)3/h9H,4-8,12H2,1-3H3,(H,13,15). The van der Waals surface area contributed by atoms with E-state index >= 15 is 0 Å². The molecule has 0 aliphatic carbocycles. The molecule has 1 fully saturated rings. The van der Waals surface area contributed by atoms with Gasteiger partial charge in [0.15, 0.2) is 0 Å². The Morgan fingerprint density at radius 1 is 1.53 bits per heavy atom. The van der Waals surface area contributed by atoms with Gasteiger partial charge < -0.3 is 11.1 Å². The van der Waals surface area contributed by atoms with Crippen LogP contribution in [-0.4, -0.2) is 42.5 Å². The molecule has 0 spiro atoms. The quantitative estimate of drug-likeness (QED) is 0.685. The summed E-state index contributed by atoms with van der Waals surface area (Å²) < 4.78 is 0. The van der Waals surface area contributed by atoms with Gasteiger partial charge in [0, 0.05) is 25.2 Å². The highest BCUT2D eigenvalue weighted by atomic mass is 16.2. The fourth-order valence-corrected chi connectivity index (χ4v) is 1.79. The lowest BCUT2D eigenvalue weighted by atomic mass is 9.80. The molecule has 3 N–H and O–H groups in total. The number of nitrogens with zero attached hydrogens (tertiary/aromatic N) is 1. The zero-order valence-electron chi connectivity index (χ0n) is 10.0. The van der Waals surface area contributed by atoms with Crippen LogP contribution in [0.2, 0.25) is 0 Å². The maximum absolute atomic E-state index is 11.4. The third-order valence-corrected chi connectivity index (χ3v) is 3.13. The van der Waals surface area contributed by atoms with Gasteiger partial charge in [-0.1, -0.05) is 20.8 Å². The number of nitrogens with one attached hydrogen (secondary N) is 1. The summed E-state index contributed by atoms with van der Waals surface area (Å²) >= 11 is 0. The molecule has 0 radical (unpaired) electrons. The molecule has 1 heterocycles. The van der Waals surface area contributed by atoms with Crippen molar-refractivity contribution in [2.75, 3.05) is 26.2 Å². The van der Waals surface area contributed by atoms with Crippen LogP contribution in [0.4, 0.5) is 0 Å². The molecule has 0 atom stereocenters. The van der Waals surface area contributed by atoms with Gasteiger partial charge in [-0.25, -0.2) is 0 Å². The van der Waals surface area contributed by atoms with E-state index in [4.69, 9.17) is 5.73 Å². The van der Waals surface area contributed by atoms with E-state index in [0.717, 1.165) is 26.1 Å². The molecule has 0 saturated carbocycles.